The van der Waals surface area contributed by atoms with Gasteiger partial charge in [-0.1, -0.05) is 30.3 Å². The van der Waals surface area contributed by atoms with Gasteiger partial charge in [-0.15, -0.1) is 0 Å². The minimum atomic E-state index is 0.834. The lowest BCUT2D eigenvalue weighted by atomic mass is 10.1. The van der Waals surface area contributed by atoms with Gasteiger partial charge in [0.15, 0.2) is 5.82 Å². The lowest BCUT2D eigenvalue weighted by Gasteiger charge is -2.05. The molecule has 16 heavy (non-hydrogen) atoms. The second kappa shape index (κ2) is 3.68. The van der Waals surface area contributed by atoms with Gasteiger partial charge in [0, 0.05) is 29.9 Å². The molecule has 1 aliphatic rings. The number of aryl methyl sites for hydroxylation is 1. The third kappa shape index (κ3) is 1.49. The minimum Gasteiger partial charge on any atom is -0.307 e. The van der Waals surface area contributed by atoms with Crippen molar-refractivity contribution < 1.29 is 0 Å². The van der Waals surface area contributed by atoms with E-state index in [4.69, 9.17) is 0 Å². The number of hydrogen-bond donors (Lipinski definition) is 1. The summed E-state index contributed by atoms with van der Waals surface area (Å²) < 4.78 is 0. The molecule has 0 radical (unpaired) electrons. The van der Waals surface area contributed by atoms with Crippen LogP contribution >= 0.6 is 0 Å². The Hall–Kier alpha value is -1.74. The summed E-state index contributed by atoms with van der Waals surface area (Å²) in [4.78, 5) is 9.17. The summed E-state index contributed by atoms with van der Waals surface area (Å²) in [6.07, 6.45) is 0. The summed E-state index contributed by atoms with van der Waals surface area (Å²) in [6.45, 7) is 3.81. The van der Waals surface area contributed by atoms with Crippen LogP contribution in [0.1, 0.15) is 17.0 Å². The second-order valence-electron chi connectivity index (χ2n) is 4.03. The quantitative estimate of drug-likeness (QED) is 0.784. The molecular formula is C13H13N3. The number of aromatic nitrogens is 2. The number of fused-ring (bicyclic) bond motifs is 1. The van der Waals surface area contributed by atoms with Crippen LogP contribution in [0.2, 0.25) is 0 Å². The third-order valence-electron chi connectivity index (χ3n) is 2.93. The monoisotopic (exact) mass is 211 g/mol. The van der Waals surface area contributed by atoms with Crippen LogP contribution in [0, 0.1) is 6.92 Å². The van der Waals surface area contributed by atoms with Crippen molar-refractivity contribution in [3.8, 4) is 11.4 Å². The number of rotatable bonds is 1. The molecule has 3 heteroatoms. The predicted molar refractivity (Wildman–Crippen MR) is 62.7 cm³/mol. The van der Waals surface area contributed by atoms with E-state index in [0.717, 1.165) is 35.9 Å². The molecule has 0 unspecified atom stereocenters. The largest absolute Gasteiger partial charge is 0.307 e. The molecule has 2 heterocycles. The zero-order valence-corrected chi connectivity index (χ0v) is 9.20. The van der Waals surface area contributed by atoms with Crippen molar-refractivity contribution in [3.05, 3.63) is 47.3 Å². The zero-order chi connectivity index (χ0) is 11.0. The molecule has 0 spiro atoms. The molecule has 3 rings (SSSR count). The Bertz CT molecular complexity index is 520. The van der Waals surface area contributed by atoms with Crippen molar-refractivity contribution in [2.24, 2.45) is 0 Å². The van der Waals surface area contributed by atoms with E-state index in [1.807, 2.05) is 30.3 Å². The molecule has 0 atom stereocenters. The first-order valence-corrected chi connectivity index (χ1v) is 5.47. The molecule has 0 amide bonds. The molecule has 1 aliphatic heterocycles. The van der Waals surface area contributed by atoms with Crippen LogP contribution in [-0.4, -0.2) is 9.97 Å². The topological polar surface area (TPSA) is 37.8 Å². The highest BCUT2D eigenvalue weighted by molar-refractivity contribution is 5.55. The highest BCUT2D eigenvalue weighted by atomic mass is 15.0. The van der Waals surface area contributed by atoms with Crippen LogP contribution < -0.4 is 5.32 Å². The van der Waals surface area contributed by atoms with Gasteiger partial charge in [-0.3, -0.25) is 0 Å². The van der Waals surface area contributed by atoms with E-state index in [0.29, 0.717) is 0 Å². The van der Waals surface area contributed by atoms with Gasteiger partial charge in [0.1, 0.15) is 0 Å². The number of benzene rings is 1. The van der Waals surface area contributed by atoms with Crippen LogP contribution in [0.4, 0.5) is 0 Å². The van der Waals surface area contributed by atoms with E-state index in [2.05, 4.69) is 22.2 Å². The number of nitrogens with one attached hydrogen (secondary N) is 1. The fourth-order valence-corrected chi connectivity index (χ4v) is 2.05. The maximum absolute atomic E-state index is 4.61. The zero-order valence-electron chi connectivity index (χ0n) is 9.20. The summed E-state index contributed by atoms with van der Waals surface area (Å²) in [5.41, 5.74) is 4.58. The van der Waals surface area contributed by atoms with Gasteiger partial charge in [-0.25, -0.2) is 9.97 Å². The molecule has 0 saturated carbocycles. The molecule has 0 bridgehead atoms. The summed E-state index contributed by atoms with van der Waals surface area (Å²) in [5.74, 6) is 0.834. The van der Waals surface area contributed by atoms with Gasteiger partial charge in [-0.2, -0.15) is 0 Å². The molecule has 1 aromatic carbocycles. The van der Waals surface area contributed by atoms with Gasteiger partial charge in [0.25, 0.3) is 0 Å². The second-order valence-corrected chi connectivity index (χ2v) is 4.03. The van der Waals surface area contributed by atoms with E-state index < -0.39 is 0 Å². The standard InChI is InChI=1S/C13H13N3/c1-9-11-7-14-8-12(11)16-13(15-9)10-5-3-2-4-6-10/h2-6,14H,7-8H2,1H3. The molecular weight excluding hydrogens is 198 g/mol. The minimum absolute atomic E-state index is 0.834. The average molecular weight is 211 g/mol. The smallest absolute Gasteiger partial charge is 0.159 e. The van der Waals surface area contributed by atoms with Gasteiger partial charge in [-0.05, 0) is 6.92 Å². The molecule has 3 nitrogen and oxygen atoms in total. The molecule has 0 saturated heterocycles. The molecule has 80 valence electrons. The lowest BCUT2D eigenvalue weighted by molar-refractivity contribution is 0.757. The van der Waals surface area contributed by atoms with Gasteiger partial charge < -0.3 is 5.32 Å². The van der Waals surface area contributed by atoms with E-state index in [1.54, 1.807) is 0 Å². The molecule has 1 N–H and O–H groups in total. The maximum atomic E-state index is 4.61. The van der Waals surface area contributed by atoms with Crippen LogP contribution in [-0.2, 0) is 13.1 Å². The highest BCUT2D eigenvalue weighted by Crippen LogP contribution is 2.21. The Kier molecular flexibility index (Phi) is 2.18. The molecule has 2 aromatic rings. The van der Waals surface area contributed by atoms with Crippen LogP contribution in [0.3, 0.4) is 0 Å². The fourth-order valence-electron chi connectivity index (χ4n) is 2.05. The third-order valence-corrected chi connectivity index (χ3v) is 2.93. The summed E-state index contributed by atoms with van der Waals surface area (Å²) in [6, 6.07) is 10.1. The Morgan fingerprint density at radius 1 is 1.06 bits per heavy atom. The molecule has 0 fully saturated rings. The van der Waals surface area contributed by atoms with Crippen molar-refractivity contribution in [3.63, 3.8) is 0 Å². The van der Waals surface area contributed by atoms with E-state index in [-0.39, 0.29) is 0 Å². The number of hydrogen-bond acceptors (Lipinski definition) is 3. The van der Waals surface area contributed by atoms with Crippen molar-refractivity contribution in [1.82, 2.24) is 15.3 Å². The lowest BCUT2D eigenvalue weighted by Crippen LogP contribution is -2.00. The van der Waals surface area contributed by atoms with Crippen molar-refractivity contribution in [2.75, 3.05) is 0 Å². The SMILES string of the molecule is Cc1nc(-c2ccccc2)nc2c1CNC2. The van der Waals surface area contributed by atoms with Gasteiger partial charge in [0.2, 0.25) is 0 Å². The van der Waals surface area contributed by atoms with Crippen molar-refractivity contribution in [1.29, 1.82) is 0 Å². The predicted octanol–water partition coefficient (Wildman–Crippen LogP) is 2.06. The average Bonchev–Trinajstić information content (AvgIpc) is 2.79. The van der Waals surface area contributed by atoms with E-state index in [9.17, 15) is 0 Å². The first-order valence-electron chi connectivity index (χ1n) is 5.47. The van der Waals surface area contributed by atoms with E-state index in [1.165, 1.54) is 5.56 Å². The summed E-state index contributed by atoms with van der Waals surface area (Å²) in [5, 5.41) is 3.30. The maximum Gasteiger partial charge on any atom is 0.159 e. The molecule has 0 aliphatic carbocycles. The van der Waals surface area contributed by atoms with E-state index >= 15 is 0 Å². The number of nitrogens with zero attached hydrogens (tertiary/aromatic N) is 2. The summed E-state index contributed by atoms with van der Waals surface area (Å²) in [7, 11) is 0. The highest BCUT2D eigenvalue weighted by Gasteiger charge is 2.16. The van der Waals surface area contributed by atoms with Crippen LogP contribution in [0.15, 0.2) is 30.3 Å². The fraction of sp³-hybridized carbons (Fsp3) is 0.231. The van der Waals surface area contributed by atoms with Crippen molar-refractivity contribution in [2.45, 2.75) is 20.0 Å². The van der Waals surface area contributed by atoms with Gasteiger partial charge >= 0.3 is 0 Å². The Morgan fingerprint density at radius 3 is 2.69 bits per heavy atom. The molecule has 1 aromatic heterocycles. The van der Waals surface area contributed by atoms with Crippen molar-refractivity contribution >= 4 is 0 Å². The van der Waals surface area contributed by atoms with Gasteiger partial charge in [0.05, 0.1) is 5.69 Å². The first kappa shape index (κ1) is 9.48. The Labute approximate surface area is 94.6 Å². The Morgan fingerprint density at radius 2 is 1.88 bits per heavy atom. The normalized spacial score (nSPS) is 13.8. The summed E-state index contributed by atoms with van der Waals surface area (Å²) >= 11 is 0. The first-order chi connectivity index (χ1) is 7.84. The van der Waals surface area contributed by atoms with Crippen LogP contribution in [0.25, 0.3) is 11.4 Å². The van der Waals surface area contributed by atoms with Crippen LogP contribution in [0.5, 0.6) is 0 Å². The Balaban J connectivity index is 2.13.